The molecule has 0 N–H and O–H groups in total. The monoisotopic (exact) mass is 349 g/mol. The van der Waals surface area contributed by atoms with E-state index in [9.17, 15) is 0 Å². The summed E-state index contributed by atoms with van der Waals surface area (Å²) >= 11 is 12.4. The fourth-order valence-electron chi connectivity index (χ4n) is 2.94. The highest BCUT2D eigenvalue weighted by atomic mass is 35.5. The molecule has 4 aromatic rings. The minimum absolute atomic E-state index is 0.402. The van der Waals surface area contributed by atoms with Crippen molar-refractivity contribution in [3.8, 4) is 22.3 Å². The summed E-state index contributed by atoms with van der Waals surface area (Å²) in [6.07, 6.45) is 0. The third kappa shape index (κ3) is 2.77. The van der Waals surface area contributed by atoms with E-state index in [4.69, 9.17) is 23.2 Å². The molecule has 116 valence electrons. The van der Waals surface area contributed by atoms with Crippen LogP contribution in [0, 0.1) is 0 Å². The number of fused-ring (bicyclic) bond motifs is 1. The Balaban J connectivity index is 2.08. The average molecular weight is 350 g/mol. The number of halogens is 2. The first-order valence-corrected chi connectivity index (χ1v) is 8.38. The van der Waals surface area contributed by atoms with Gasteiger partial charge in [-0.05, 0) is 45.8 Å². The van der Waals surface area contributed by atoms with Crippen LogP contribution >= 0.6 is 23.2 Å². The molecule has 0 aliphatic rings. The molecule has 0 amide bonds. The van der Waals surface area contributed by atoms with Crippen LogP contribution in [-0.2, 0) is 0 Å². The van der Waals surface area contributed by atoms with Gasteiger partial charge < -0.3 is 0 Å². The molecule has 0 bridgehead atoms. The quantitative estimate of drug-likeness (QED) is 0.359. The van der Waals surface area contributed by atoms with Crippen molar-refractivity contribution in [2.75, 3.05) is 0 Å². The third-order valence-electron chi connectivity index (χ3n) is 4.06. The molecule has 1 aromatic heterocycles. The van der Waals surface area contributed by atoms with Crippen molar-refractivity contribution in [2.45, 2.75) is 0 Å². The second-order valence-corrected chi connectivity index (χ2v) is 6.33. The fraction of sp³-hybridized carbons (Fsp3) is 0. The zero-order chi connectivity index (χ0) is 16.5. The van der Waals surface area contributed by atoms with E-state index < -0.39 is 0 Å². The van der Waals surface area contributed by atoms with Gasteiger partial charge in [0.2, 0.25) is 0 Å². The molecule has 3 aromatic carbocycles. The van der Waals surface area contributed by atoms with E-state index in [0.29, 0.717) is 10.3 Å². The topological polar surface area (TPSA) is 12.9 Å². The average Bonchev–Trinajstić information content (AvgIpc) is 2.62. The number of benzene rings is 3. The zero-order valence-electron chi connectivity index (χ0n) is 12.7. The number of nitrogens with zero attached hydrogens (tertiary/aromatic N) is 1. The molecule has 3 heteroatoms. The van der Waals surface area contributed by atoms with E-state index in [1.807, 2.05) is 42.5 Å². The van der Waals surface area contributed by atoms with Crippen molar-refractivity contribution in [1.29, 1.82) is 0 Å². The lowest BCUT2D eigenvalue weighted by molar-refractivity contribution is 1.36. The van der Waals surface area contributed by atoms with Gasteiger partial charge in [0.15, 0.2) is 0 Å². The second kappa shape index (κ2) is 6.27. The summed E-state index contributed by atoms with van der Waals surface area (Å²) < 4.78 is 0. The van der Waals surface area contributed by atoms with E-state index in [1.165, 1.54) is 0 Å². The standard InChI is InChI=1S/C21H13Cl2N/c22-20-12-16-11-17(14-7-3-1-4-8-14)18(13-19(16)21(23)24-20)15-9-5-2-6-10-15/h1-13H. The number of hydrogen-bond donors (Lipinski definition) is 0. The molecule has 0 atom stereocenters. The Kier molecular flexibility index (Phi) is 3.97. The Morgan fingerprint density at radius 2 is 1.17 bits per heavy atom. The van der Waals surface area contributed by atoms with E-state index in [1.54, 1.807) is 0 Å². The van der Waals surface area contributed by atoms with Crippen LogP contribution in [0.15, 0.2) is 78.9 Å². The van der Waals surface area contributed by atoms with Crippen LogP contribution in [0.1, 0.15) is 0 Å². The molecule has 0 spiro atoms. The van der Waals surface area contributed by atoms with Gasteiger partial charge in [-0.3, -0.25) is 0 Å². The van der Waals surface area contributed by atoms with Crippen LogP contribution in [-0.4, -0.2) is 4.98 Å². The van der Waals surface area contributed by atoms with Gasteiger partial charge in [0, 0.05) is 5.39 Å². The molecule has 0 unspecified atom stereocenters. The SMILES string of the molecule is Clc1cc2cc(-c3ccccc3)c(-c3ccccc3)cc2c(Cl)n1. The Morgan fingerprint density at radius 1 is 0.625 bits per heavy atom. The zero-order valence-corrected chi connectivity index (χ0v) is 14.2. The van der Waals surface area contributed by atoms with Gasteiger partial charge in [-0.25, -0.2) is 4.98 Å². The summed E-state index contributed by atoms with van der Waals surface area (Å²) in [5.41, 5.74) is 4.57. The van der Waals surface area contributed by atoms with Crippen molar-refractivity contribution >= 4 is 34.0 Å². The summed E-state index contributed by atoms with van der Waals surface area (Å²) in [4.78, 5) is 4.17. The highest BCUT2D eigenvalue weighted by Gasteiger charge is 2.12. The van der Waals surface area contributed by atoms with Crippen LogP contribution < -0.4 is 0 Å². The highest BCUT2D eigenvalue weighted by molar-refractivity contribution is 6.36. The minimum atomic E-state index is 0.402. The van der Waals surface area contributed by atoms with E-state index >= 15 is 0 Å². The summed E-state index contributed by atoms with van der Waals surface area (Å²) in [7, 11) is 0. The molecule has 24 heavy (non-hydrogen) atoms. The number of hydrogen-bond acceptors (Lipinski definition) is 1. The van der Waals surface area contributed by atoms with Gasteiger partial charge in [-0.2, -0.15) is 0 Å². The summed E-state index contributed by atoms with van der Waals surface area (Å²) in [5.74, 6) is 0. The van der Waals surface area contributed by atoms with Crippen molar-refractivity contribution in [3.63, 3.8) is 0 Å². The maximum Gasteiger partial charge on any atom is 0.138 e. The third-order valence-corrected chi connectivity index (χ3v) is 4.54. The van der Waals surface area contributed by atoms with Crippen molar-refractivity contribution in [2.24, 2.45) is 0 Å². The smallest absolute Gasteiger partial charge is 0.138 e. The maximum atomic E-state index is 6.32. The van der Waals surface area contributed by atoms with Gasteiger partial charge in [-0.15, -0.1) is 0 Å². The molecule has 1 heterocycles. The Bertz CT molecular complexity index is 1010. The lowest BCUT2D eigenvalue weighted by Crippen LogP contribution is -1.89. The highest BCUT2D eigenvalue weighted by Crippen LogP contribution is 2.37. The maximum absolute atomic E-state index is 6.32. The van der Waals surface area contributed by atoms with Crippen LogP contribution in [0.4, 0.5) is 0 Å². The predicted molar refractivity (Wildman–Crippen MR) is 103 cm³/mol. The first-order chi connectivity index (χ1) is 11.7. The van der Waals surface area contributed by atoms with Gasteiger partial charge in [0.1, 0.15) is 10.3 Å². The predicted octanol–water partition coefficient (Wildman–Crippen LogP) is 6.88. The molecule has 0 fully saturated rings. The number of aromatic nitrogens is 1. The van der Waals surface area contributed by atoms with Gasteiger partial charge >= 0.3 is 0 Å². The summed E-state index contributed by atoms with van der Waals surface area (Å²) in [6, 6.07) is 26.7. The first kappa shape index (κ1) is 15.2. The van der Waals surface area contributed by atoms with Crippen molar-refractivity contribution < 1.29 is 0 Å². The normalized spacial score (nSPS) is 10.9. The van der Waals surface area contributed by atoms with Crippen LogP contribution in [0.2, 0.25) is 10.3 Å². The Hall–Kier alpha value is -2.35. The molecule has 0 aliphatic heterocycles. The molecule has 0 saturated carbocycles. The number of rotatable bonds is 2. The van der Waals surface area contributed by atoms with E-state index in [0.717, 1.165) is 33.0 Å². The van der Waals surface area contributed by atoms with Gasteiger partial charge in [0.25, 0.3) is 0 Å². The molecule has 1 nitrogen and oxygen atoms in total. The van der Waals surface area contributed by atoms with Gasteiger partial charge in [0.05, 0.1) is 0 Å². The lowest BCUT2D eigenvalue weighted by atomic mass is 9.92. The summed E-state index contributed by atoms with van der Waals surface area (Å²) in [5, 5.41) is 2.71. The van der Waals surface area contributed by atoms with Crippen LogP contribution in [0.3, 0.4) is 0 Å². The fourth-order valence-corrected chi connectivity index (χ4v) is 3.44. The van der Waals surface area contributed by atoms with E-state index in [-0.39, 0.29) is 0 Å². The molecule has 0 saturated heterocycles. The Morgan fingerprint density at radius 3 is 1.75 bits per heavy atom. The second-order valence-electron chi connectivity index (χ2n) is 5.59. The van der Waals surface area contributed by atoms with Crippen LogP contribution in [0.5, 0.6) is 0 Å². The first-order valence-electron chi connectivity index (χ1n) is 7.63. The summed E-state index contributed by atoms with van der Waals surface area (Å²) in [6.45, 7) is 0. The Labute approximate surface area is 150 Å². The molecular weight excluding hydrogens is 337 g/mol. The minimum Gasteiger partial charge on any atom is -0.224 e. The molecule has 0 radical (unpaired) electrons. The lowest BCUT2D eigenvalue weighted by Gasteiger charge is -2.13. The molecular formula is C21H13Cl2N. The molecule has 4 rings (SSSR count). The van der Waals surface area contributed by atoms with Gasteiger partial charge in [-0.1, -0.05) is 83.9 Å². The largest absolute Gasteiger partial charge is 0.224 e. The molecule has 0 aliphatic carbocycles. The van der Waals surface area contributed by atoms with E-state index in [2.05, 4.69) is 41.4 Å². The van der Waals surface area contributed by atoms with Crippen molar-refractivity contribution in [3.05, 3.63) is 89.2 Å². The number of pyridine rings is 1. The van der Waals surface area contributed by atoms with Crippen molar-refractivity contribution in [1.82, 2.24) is 4.98 Å². The van der Waals surface area contributed by atoms with Crippen LogP contribution in [0.25, 0.3) is 33.0 Å².